The van der Waals surface area contributed by atoms with Crippen molar-refractivity contribution in [3.8, 4) is 0 Å². The van der Waals surface area contributed by atoms with Crippen molar-refractivity contribution < 1.29 is 9.59 Å². The second-order valence-corrected chi connectivity index (χ2v) is 7.99. The van der Waals surface area contributed by atoms with Crippen molar-refractivity contribution in [2.75, 3.05) is 16.8 Å². The summed E-state index contributed by atoms with van der Waals surface area (Å²) in [5.41, 5.74) is 5.52. The number of aliphatic imine (C=N–C) groups is 1. The van der Waals surface area contributed by atoms with Gasteiger partial charge in [0.15, 0.2) is 0 Å². The van der Waals surface area contributed by atoms with Gasteiger partial charge in [0.1, 0.15) is 6.54 Å². The van der Waals surface area contributed by atoms with Crippen LogP contribution >= 0.6 is 11.6 Å². The van der Waals surface area contributed by atoms with E-state index in [9.17, 15) is 9.59 Å². The lowest BCUT2D eigenvalue weighted by Gasteiger charge is -2.22. The molecule has 3 aromatic carbocycles. The number of anilines is 2. The molecule has 0 spiro atoms. The van der Waals surface area contributed by atoms with Gasteiger partial charge in [0.25, 0.3) is 0 Å². The number of hydrogen-bond acceptors (Lipinski definition) is 3. The average molecular weight is 432 g/mol. The monoisotopic (exact) mass is 431 g/mol. The minimum atomic E-state index is -0.304. The summed E-state index contributed by atoms with van der Waals surface area (Å²) in [7, 11) is 0. The number of para-hydroxylation sites is 2. The molecule has 6 heteroatoms. The third kappa shape index (κ3) is 4.67. The molecule has 156 valence electrons. The molecular weight excluding hydrogens is 410 g/mol. The van der Waals surface area contributed by atoms with Crippen molar-refractivity contribution in [1.82, 2.24) is 0 Å². The fourth-order valence-corrected chi connectivity index (χ4v) is 3.63. The Balaban J connectivity index is 1.59. The summed E-state index contributed by atoms with van der Waals surface area (Å²) < 4.78 is 0. The van der Waals surface area contributed by atoms with E-state index in [1.54, 1.807) is 12.1 Å². The van der Waals surface area contributed by atoms with E-state index < -0.39 is 0 Å². The van der Waals surface area contributed by atoms with Crippen molar-refractivity contribution in [1.29, 1.82) is 0 Å². The highest BCUT2D eigenvalue weighted by Gasteiger charge is 2.26. The van der Waals surface area contributed by atoms with Gasteiger partial charge in [0.05, 0.1) is 23.5 Å². The largest absolute Gasteiger partial charge is 0.324 e. The maximum Gasteiger partial charge on any atom is 0.244 e. The summed E-state index contributed by atoms with van der Waals surface area (Å²) in [6, 6.07) is 20.6. The molecule has 3 aromatic rings. The second-order valence-electron chi connectivity index (χ2n) is 7.58. The molecule has 5 nitrogen and oxygen atoms in total. The van der Waals surface area contributed by atoms with Crippen LogP contribution in [0.3, 0.4) is 0 Å². The molecule has 2 amide bonds. The van der Waals surface area contributed by atoms with Gasteiger partial charge in [-0.25, -0.2) is 0 Å². The molecule has 1 aliphatic rings. The summed E-state index contributed by atoms with van der Waals surface area (Å²) in [4.78, 5) is 32.2. The minimum absolute atomic E-state index is 0.112. The van der Waals surface area contributed by atoms with Crippen LogP contribution in [0.1, 0.15) is 23.1 Å². The number of amides is 2. The zero-order chi connectivity index (χ0) is 22.0. The average Bonchev–Trinajstić information content (AvgIpc) is 2.88. The van der Waals surface area contributed by atoms with Gasteiger partial charge in [-0.15, -0.1) is 0 Å². The van der Waals surface area contributed by atoms with Crippen molar-refractivity contribution in [2.45, 2.75) is 20.3 Å². The number of carbonyl (C=O) groups excluding carboxylic acids is 2. The summed E-state index contributed by atoms with van der Waals surface area (Å²) in [5, 5.41) is 3.40. The van der Waals surface area contributed by atoms with E-state index in [-0.39, 0.29) is 24.8 Å². The van der Waals surface area contributed by atoms with Crippen LogP contribution in [0.4, 0.5) is 17.1 Å². The maximum absolute atomic E-state index is 13.2. The fraction of sp³-hybridized carbons (Fsp3) is 0.160. The van der Waals surface area contributed by atoms with Crippen LogP contribution in [-0.4, -0.2) is 24.1 Å². The lowest BCUT2D eigenvalue weighted by molar-refractivity contribution is -0.120. The second kappa shape index (κ2) is 8.74. The first-order valence-electron chi connectivity index (χ1n) is 10.0. The first kappa shape index (κ1) is 20.8. The highest BCUT2D eigenvalue weighted by molar-refractivity contribution is 6.31. The number of fused-ring (bicyclic) bond motifs is 1. The van der Waals surface area contributed by atoms with E-state index in [1.165, 1.54) is 4.90 Å². The Morgan fingerprint density at radius 3 is 2.55 bits per heavy atom. The molecule has 0 radical (unpaired) electrons. The Morgan fingerprint density at radius 1 is 1.06 bits per heavy atom. The SMILES string of the molecule is Cc1ccc(C2=Nc3ccccc3N(CC(=O)Nc3ccc(C)c(Cl)c3)C(=O)C2)cc1. The lowest BCUT2D eigenvalue weighted by atomic mass is 10.1. The molecule has 1 heterocycles. The van der Waals surface area contributed by atoms with Crippen LogP contribution in [0.15, 0.2) is 71.7 Å². The molecule has 0 saturated carbocycles. The van der Waals surface area contributed by atoms with E-state index in [1.807, 2.05) is 68.4 Å². The van der Waals surface area contributed by atoms with E-state index in [0.717, 1.165) is 16.7 Å². The number of benzene rings is 3. The van der Waals surface area contributed by atoms with Crippen LogP contribution in [0.2, 0.25) is 5.02 Å². The van der Waals surface area contributed by atoms with Crippen molar-refractivity contribution in [2.24, 2.45) is 4.99 Å². The third-order valence-electron chi connectivity index (χ3n) is 5.19. The molecule has 0 bridgehead atoms. The molecule has 1 N–H and O–H groups in total. The number of rotatable bonds is 4. The topological polar surface area (TPSA) is 61.8 Å². The highest BCUT2D eigenvalue weighted by atomic mass is 35.5. The van der Waals surface area contributed by atoms with Crippen LogP contribution in [-0.2, 0) is 9.59 Å². The molecule has 0 atom stereocenters. The van der Waals surface area contributed by atoms with Gasteiger partial charge < -0.3 is 10.2 Å². The van der Waals surface area contributed by atoms with Crippen LogP contribution < -0.4 is 10.2 Å². The molecule has 0 unspecified atom stereocenters. The maximum atomic E-state index is 13.2. The Labute approximate surface area is 186 Å². The van der Waals surface area contributed by atoms with Gasteiger partial charge in [0.2, 0.25) is 11.8 Å². The zero-order valence-electron chi connectivity index (χ0n) is 17.4. The van der Waals surface area contributed by atoms with Gasteiger partial charge in [-0.1, -0.05) is 59.6 Å². The summed E-state index contributed by atoms with van der Waals surface area (Å²) in [5.74, 6) is -0.483. The number of nitrogens with zero attached hydrogens (tertiary/aromatic N) is 2. The normalized spacial score (nSPS) is 13.3. The molecule has 31 heavy (non-hydrogen) atoms. The Morgan fingerprint density at radius 2 is 1.81 bits per heavy atom. The number of carbonyl (C=O) groups is 2. The molecule has 0 saturated heterocycles. The van der Waals surface area contributed by atoms with Crippen molar-refractivity contribution in [3.05, 3.63) is 88.4 Å². The number of hydrogen-bond donors (Lipinski definition) is 1. The first-order valence-corrected chi connectivity index (χ1v) is 10.4. The first-order chi connectivity index (χ1) is 14.9. The number of halogens is 1. The molecule has 4 rings (SSSR count). The van der Waals surface area contributed by atoms with Crippen LogP contribution in [0.25, 0.3) is 0 Å². The Hall–Kier alpha value is -3.44. The zero-order valence-corrected chi connectivity index (χ0v) is 18.1. The summed E-state index contributed by atoms with van der Waals surface area (Å²) in [6.45, 7) is 3.80. The standard InChI is InChI=1S/C25H22ClN3O2/c1-16-7-10-18(11-8-16)22-14-25(31)29(23-6-4-3-5-21(23)28-22)15-24(30)27-19-12-9-17(2)20(26)13-19/h3-13H,14-15H2,1-2H3,(H,27,30). The predicted molar refractivity (Wildman–Crippen MR) is 126 cm³/mol. The Bertz CT molecular complexity index is 1190. The Kier molecular flexibility index (Phi) is 5.87. The molecule has 1 aliphatic heterocycles. The fourth-order valence-electron chi connectivity index (χ4n) is 3.45. The molecular formula is C25H22ClN3O2. The van der Waals surface area contributed by atoms with Crippen LogP contribution in [0.5, 0.6) is 0 Å². The third-order valence-corrected chi connectivity index (χ3v) is 5.60. The minimum Gasteiger partial charge on any atom is -0.324 e. The van der Waals surface area contributed by atoms with Crippen LogP contribution in [0, 0.1) is 13.8 Å². The van der Waals surface area contributed by atoms with E-state index in [4.69, 9.17) is 16.6 Å². The molecule has 0 aliphatic carbocycles. The van der Waals surface area contributed by atoms with E-state index in [0.29, 0.717) is 27.8 Å². The number of nitrogens with one attached hydrogen (secondary N) is 1. The van der Waals surface area contributed by atoms with Gasteiger partial charge >= 0.3 is 0 Å². The van der Waals surface area contributed by atoms with Gasteiger partial charge in [0, 0.05) is 10.7 Å². The molecule has 0 fully saturated rings. The number of aryl methyl sites for hydroxylation is 2. The quantitative estimate of drug-likeness (QED) is 0.596. The van der Waals surface area contributed by atoms with E-state index >= 15 is 0 Å². The molecule has 0 aromatic heterocycles. The lowest BCUT2D eigenvalue weighted by Crippen LogP contribution is -2.38. The highest BCUT2D eigenvalue weighted by Crippen LogP contribution is 2.33. The summed E-state index contributed by atoms with van der Waals surface area (Å²) >= 11 is 6.15. The van der Waals surface area contributed by atoms with Gasteiger partial charge in [-0.3, -0.25) is 14.6 Å². The smallest absolute Gasteiger partial charge is 0.244 e. The summed E-state index contributed by atoms with van der Waals surface area (Å²) in [6.07, 6.45) is 0.112. The predicted octanol–water partition coefficient (Wildman–Crippen LogP) is 5.45. The van der Waals surface area contributed by atoms with E-state index in [2.05, 4.69) is 5.32 Å². The van der Waals surface area contributed by atoms with Crippen molar-refractivity contribution >= 4 is 46.2 Å². The van der Waals surface area contributed by atoms with Gasteiger partial charge in [-0.2, -0.15) is 0 Å². The van der Waals surface area contributed by atoms with Gasteiger partial charge in [-0.05, 0) is 49.2 Å². The van der Waals surface area contributed by atoms with Crippen molar-refractivity contribution in [3.63, 3.8) is 0 Å².